The van der Waals surface area contributed by atoms with Crippen LogP contribution in [0.1, 0.15) is 16.8 Å². The summed E-state index contributed by atoms with van der Waals surface area (Å²) < 4.78 is 16.3. The van der Waals surface area contributed by atoms with Crippen molar-refractivity contribution in [2.24, 2.45) is 0 Å². The number of ether oxygens (including phenoxy) is 1. The maximum atomic E-state index is 11.3. The average Bonchev–Trinajstić information content (AvgIpc) is 2.48. The maximum Gasteiger partial charge on any atom is 0.316 e. The molecule has 0 spiro atoms. The van der Waals surface area contributed by atoms with Crippen LogP contribution in [-0.4, -0.2) is 27.5 Å². The van der Waals surface area contributed by atoms with E-state index in [1.807, 2.05) is 25.1 Å². The third-order valence-electron chi connectivity index (χ3n) is 3.11. The van der Waals surface area contributed by atoms with E-state index >= 15 is 0 Å². The third-order valence-corrected chi connectivity index (χ3v) is 4.18. The van der Waals surface area contributed by atoms with Gasteiger partial charge in [-0.1, -0.05) is 17.7 Å². The fraction of sp³-hybridized carbons (Fsp3) is 0.333. The number of methoxy groups -OCH3 is 1. The summed E-state index contributed by atoms with van der Waals surface area (Å²) >= 11 is 6.20. The Morgan fingerprint density at radius 1 is 1.41 bits per heavy atom. The molecular weight excluding hydrogens is 322 g/mol. The van der Waals surface area contributed by atoms with Crippen LogP contribution in [0.15, 0.2) is 24.4 Å². The Balaban J connectivity index is 2.12. The molecule has 1 aromatic carbocycles. The Bertz CT molecular complexity index is 694. The van der Waals surface area contributed by atoms with Crippen LogP contribution < -0.4 is 10.1 Å². The van der Waals surface area contributed by atoms with E-state index in [2.05, 4.69) is 15.3 Å². The van der Waals surface area contributed by atoms with Crippen molar-refractivity contribution in [3.63, 3.8) is 0 Å². The molecule has 0 aliphatic carbocycles. The number of rotatable bonds is 6. The van der Waals surface area contributed by atoms with Crippen LogP contribution in [0, 0.1) is 6.92 Å². The first-order valence-electron chi connectivity index (χ1n) is 6.68. The normalized spacial score (nSPS) is 12.0. The van der Waals surface area contributed by atoms with Crippen molar-refractivity contribution < 1.29 is 8.95 Å². The lowest BCUT2D eigenvalue weighted by atomic mass is 10.2. The molecule has 1 atom stereocenters. The number of benzene rings is 1. The van der Waals surface area contributed by atoms with Gasteiger partial charge in [-0.2, -0.15) is 0 Å². The minimum absolute atomic E-state index is 0.353. The molecule has 0 aliphatic heterocycles. The number of nitrogens with zero attached hydrogens (tertiary/aromatic N) is 2. The van der Waals surface area contributed by atoms with E-state index in [4.69, 9.17) is 16.3 Å². The number of aromatic nitrogens is 2. The second-order valence-electron chi connectivity index (χ2n) is 4.85. The van der Waals surface area contributed by atoms with Crippen molar-refractivity contribution in [1.29, 1.82) is 0 Å². The van der Waals surface area contributed by atoms with Gasteiger partial charge in [-0.05, 0) is 24.6 Å². The van der Waals surface area contributed by atoms with Gasteiger partial charge in [0.25, 0.3) is 0 Å². The summed E-state index contributed by atoms with van der Waals surface area (Å²) in [5.74, 6) is 0.510. The van der Waals surface area contributed by atoms with Crippen molar-refractivity contribution in [1.82, 2.24) is 9.97 Å². The molecular formula is C15H18ClN3O2S. The van der Waals surface area contributed by atoms with Crippen molar-refractivity contribution in [3.8, 4) is 6.01 Å². The predicted molar refractivity (Wildman–Crippen MR) is 89.9 cm³/mol. The van der Waals surface area contributed by atoms with Crippen molar-refractivity contribution in [2.75, 3.05) is 18.7 Å². The fourth-order valence-corrected chi connectivity index (χ4v) is 2.80. The SMILES string of the molecule is COc1ncc(CNc2cc(C[S@](C)=O)ccc2Cl)c(C)n1. The molecule has 0 saturated heterocycles. The van der Waals surface area contributed by atoms with Gasteiger partial charge in [-0.25, -0.2) is 9.97 Å². The molecule has 0 unspecified atom stereocenters. The van der Waals surface area contributed by atoms with Gasteiger partial charge in [-0.15, -0.1) is 0 Å². The largest absolute Gasteiger partial charge is 0.467 e. The lowest BCUT2D eigenvalue weighted by Crippen LogP contribution is -2.05. The van der Waals surface area contributed by atoms with Gasteiger partial charge >= 0.3 is 6.01 Å². The van der Waals surface area contributed by atoms with Crippen molar-refractivity contribution in [2.45, 2.75) is 19.2 Å². The van der Waals surface area contributed by atoms with E-state index in [9.17, 15) is 4.21 Å². The molecule has 1 aromatic heterocycles. The highest BCUT2D eigenvalue weighted by atomic mass is 35.5. The highest BCUT2D eigenvalue weighted by Crippen LogP contribution is 2.24. The number of anilines is 1. The minimum Gasteiger partial charge on any atom is -0.467 e. The number of nitrogens with one attached hydrogen (secondary N) is 1. The van der Waals surface area contributed by atoms with Crippen molar-refractivity contribution in [3.05, 3.63) is 46.2 Å². The van der Waals surface area contributed by atoms with Crippen LogP contribution in [0.4, 0.5) is 5.69 Å². The fourth-order valence-electron chi connectivity index (χ4n) is 1.97. The minimum atomic E-state index is -0.884. The van der Waals surface area contributed by atoms with Gasteiger partial charge < -0.3 is 10.1 Å². The molecule has 2 rings (SSSR count). The van der Waals surface area contributed by atoms with E-state index in [1.54, 1.807) is 12.5 Å². The van der Waals surface area contributed by atoms with Gasteiger partial charge in [0.15, 0.2) is 0 Å². The summed E-state index contributed by atoms with van der Waals surface area (Å²) in [6.07, 6.45) is 3.41. The second kappa shape index (κ2) is 7.56. The van der Waals surface area contributed by atoms with Crippen LogP contribution in [0.5, 0.6) is 6.01 Å². The van der Waals surface area contributed by atoms with E-state index in [0.717, 1.165) is 22.5 Å². The number of aryl methyl sites for hydroxylation is 1. The topological polar surface area (TPSA) is 64.1 Å². The van der Waals surface area contributed by atoms with Crippen LogP contribution in [0.3, 0.4) is 0 Å². The summed E-state index contributed by atoms with van der Waals surface area (Å²) in [6.45, 7) is 2.45. The van der Waals surface area contributed by atoms with E-state index in [-0.39, 0.29) is 0 Å². The predicted octanol–water partition coefficient (Wildman–Crippen LogP) is 2.94. The molecule has 2 aromatic rings. The Morgan fingerprint density at radius 3 is 2.82 bits per heavy atom. The lowest BCUT2D eigenvalue weighted by molar-refractivity contribution is 0.378. The number of hydrogen-bond donors (Lipinski definition) is 1. The first-order valence-corrected chi connectivity index (χ1v) is 8.79. The van der Waals surface area contributed by atoms with Crippen molar-refractivity contribution >= 4 is 28.1 Å². The molecule has 1 N–H and O–H groups in total. The van der Waals surface area contributed by atoms with Gasteiger partial charge in [0, 0.05) is 46.8 Å². The molecule has 22 heavy (non-hydrogen) atoms. The van der Waals surface area contributed by atoms with Crippen LogP contribution >= 0.6 is 11.6 Å². The molecule has 118 valence electrons. The van der Waals surface area contributed by atoms with E-state index in [1.165, 1.54) is 7.11 Å². The molecule has 0 bridgehead atoms. The van der Waals surface area contributed by atoms with Gasteiger partial charge in [0.1, 0.15) is 0 Å². The monoisotopic (exact) mass is 339 g/mol. The highest BCUT2D eigenvalue weighted by Gasteiger charge is 2.07. The van der Waals surface area contributed by atoms with Gasteiger partial charge in [-0.3, -0.25) is 4.21 Å². The third kappa shape index (κ3) is 4.42. The van der Waals surface area contributed by atoms with Crippen LogP contribution in [0.2, 0.25) is 5.02 Å². The summed E-state index contributed by atoms with van der Waals surface area (Å²) in [4.78, 5) is 8.34. The Hall–Kier alpha value is -1.66. The van der Waals surface area contributed by atoms with Gasteiger partial charge in [0.2, 0.25) is 0 Å². The quantitative estimate of drug-likeness (QED) is 0.876. The molecule has 0 amide bonds. The molecule has 0 saturated carbocycles. The number of hydrogen-bond acceptors (Lipinski definition) is 5. The summed E-state index contributed by atoms with van der Waals surface area (Å²) in [5, 5.41) is 3.89. The summed E-state index contributed by atoms with van der Waals surface area (Å²) in [5.41, 5.74) is 3.60. The first kappa shape index (κ1) is 16.7. The molecule has 5 nitrogen and oxygen atoms in total. The molecule has 7 heteroatoms. The highest BCUT2D eigenvalue weighted by molar-refractivity contribution is 7.83. The van der Waals surface area contributed by atoms with E-state index < -0.39 is 10.8 Å². The second-order valence-corrected chi connectivity index (χ2v) is 6.69. The summed E-state index contributed by atoms with van der Waals surface area (Å²) in [6, 6.07) is 5.97. The van der Waals surface area contributed by atoms with Crippen LogP contribution in [-0.2, 0) is 23.1 Å². The molecule has 1 heterocycles. The number of halogens is 1. The smallest absolute Gasteiger partial charge is 0.316 e. The Labute approximate surface area is 137 Å². The Morgan fingerprint density at radius 2 is 2.18 bits per heavy atom. The molecule has 0 radical (unpaired) electrons. The zero-order chi connectivity index (χ0) is 16.1. The zero-order valence-corrected chi connectivity index (χ0v) is 14.3. The standard InChI is InChI=1S/C15H18ClN3O2S/c1-10-12(8-18-15(19-10)21-2)7-17-14-6-11(9-22(3)20)4-5-13(14)16/h4-6,8,17H,7,9H2,1-3H3/t22-/m0/s1. The van der Waals surface area contributed by atoms with Crippen LogP contribution in [0.25, 0.3) is 0 Å². The molecule has 0 fully saturated rings. The summed E-state index contributed by atoms with van der Waals surface area (Å²) in [7, 11) is 0.654. The zero-order valence-electron chi connectivity index (χ0n) is 12.7. The molecule has 0 aliphatic rings. The van der Waals surface area contributed by atoms with Gasteiger partial charge in [0.05, 0.1) is 17.8 Å². The lowest BCUT2D eigenvalue weighted by Gasteiger charge is -2.11. The average molecular weight is 340 g/mol. The maximum absolute atomic E-state index is 11.3. The first-order chi connectivity index (χ1) is 10.5. The van der Waals surface area contributed by atoms with E-state index in [0.29, 0.717) is 23.3 Å². The Kier molecular flexibility index (Phi) is 5.74.